The van der Waals surface area contributed by atoms with Crippen LogP contribution < -0.4 is 0 Å². The fourth-order valence-electron chi connectivity index (χ4n) is 1.91. The first-order valence-electron chi connectivity index (χ1n) is 6.37. The zero-order valence-electron chi connectivity index (χ0n) is 11.4. The molecule has 0 heterocycles. The van der Waals surface area contributed by atoms with E-state index in [0.717, 1.165) is 23.7 Å². The lowest BCUT2D eigenvalue weighted by molar-refractivity contribution is 0.00826. The molecule has 0 aliphatic carbocycles. The van der Waals surface area contributed by atoms with Crippen LogP contribution in [0.4, 0.5) is 0 Å². The maximum Gasteiger partial charge on any atom is 0.0622 e. The first-order valence-corrected chi connectivity index (χ1v) is 7.16. The van der Waals surface area contributed by atoms with Gasteiger partial charge in [0.1, 0.15) is 0 Å². The van der Waals surface area contributed by atoms with Gasteiger partial charge in [-0.3, -0.25) is 0 Å². The van der Waals surface area contributed by atoms with Gasteiger partial charge < -0.3 is 9.84 Å². The van der Waals surface area contributed by atoms with Crippen molar-refractivity contribution < 1.29 is 9.84 Å². The average molecular weight is 315 g/mol. The Labute approximate surface area is 118 Å². The van der Waals surface area contributed by atoms with Crippen molar-refractivity contribution in [1.29, 1.82) is 0 Å². The Morgan fingerprint density at radius 1 is 1.39 bits per heavy atom. The number of aliphatic hydroxyl groups is 1. The highest BCUT2D eigenvalue weighted by Crippen LogP contribution is 2.22. The topological polar surface area (TPSA) is 29.5 Å². The molecule has 1 N–H and O–H groups in total. The van der Waals surface area contributed by atoms with Gasteiger partial charge in [-0.05, 0) is 56.7 Å². The van der Waals surface area contributed by atoms with Gasteiger partial charge in [0.25, 0.3) is 0 Å². The lowest BCUT2D eigenvalue weighted by atomic mass is 9.91. The lowest BCUT2D eigenvalue weighted by Crippen LogP contribution is -2.24. The Morgan fingerprint density at radius 2 is 2.11 bits per heavy atom. The molecule has 0 spiro atoms. The van der Waals surface area contributed by atoms with Gasteiger partial charge in [0.15, 0.2) is 0 Å². The van der Waals surface area contributed by atoms with Crippen molar-refractivity contribution in [3.63, 3.8) is 0 Å². The van der Waals surface area contributed by atoms with Crippen molar-refractivity contribution in [2.75, 3.05) is 13.7 Å². The molecule has 0 radical (unpaired) electrons. The fraction of sp³-hybridized carbons (Fsp3) is 0.600. The van der Waals surface area contributed by atoms with Crippen LogP contribution in [0.1, 0.15) is 32.3 Å². The van der Waals surface area contributed by atoms with E-state index in [4.69, 9.17) is 4.74 Å². The zero-order valence-corrected chi connectivity index (χ0v) is 13.0. The second-order valence-corrected chi connectivity index (χ2v) is 6.30. The largest absolute Gasteiger partial charge is 0.396 e. The molecule has 0 aromatic heterocycles. The normalized spacial score (nSPS) is 13.6. The number of hydrogen-bond donors (Lipinski definition) is 1. The minimum Gasteiger partial charge on any atom is -0.396 e. The molecule has 0 aliphatic heterocycles. The molecule has 3 heteroatoms. The van der Waals surface area contributed by atoms with E-state index < -0.39 is 0 Å². The van der Waals surface area contributed by atoms with Crippen molar-refractivity contribution in [3.05, 3.63) is 34.3 Å². The molecule has 1 atom stereocenters. The summed E-state index contributed by atoms with van der Waals surface area (Å²) < 4.78 is 6.50. The predicted molar refractivity (Wildman–Crippen MR) is 78.7 cm³/mol. The second kappa shape index (κ2) is 7.27. The number of halogens is 1. The smallest absolute Gasteiger partial charge is 0.0622 e. The molecule has 1 unspecified atom stereocenters. The highest BCUT2D eigenvalue weighted by atomic mass is 79.9. The minimum absolute atomic E-state index is 0.106. The summed E-state index contributed by atoms with van der Waals surface area (Å²) >= 11 is 3.47. The SMILES string of the molecule is COC(C)(C)CCC(CO)Cc1cccc(Br)c1. The van der Waals surface area contributed by atoms with Gasteiger partial charge >= 0.3 is 0 Å². The molecule has 1 rings (SSSR count). The minimum atomic E-state index is -0.106. The summed E-state index contributed by atoms with van der Waals surface area (Å²) in [5.74, 6) is 0.300. The first kappa shape index (κ1) is 15.7. The zero-order chi connectivity index (χ0) is 13.6. The van der Waals surface area contributed by atoms with Crippen molar-refractivity contribution in [1.82, 2.24) is 0 Å². The molecule has 0 bridgehead atoms. The molecule has 102 valence electrons. The summed E-state index contributed by atoms with van der Waals surface area (Å²) in [4.78, 5) is 0. The molecular formula is C15H23BrO2. The summed E-state index contributed by atoms with van der Waals surface area (Å²) in [5, 5.41) is 9.47. The van der Waals surface area contributed by atoms with Crippen LogP contribution in [0.5, 0.6) is 0 Å². The standard InChI is InChI=1S/C15H23BrO2/c1-15(2,18-3)8-7-13(11-17)9-12-5-4-6-14(16)10-12/h4-6,10,13,17H,7-9,11H2,1-3H3. The molecule has 1 aromatic carbocycles. The number of methoxy groups -OCH3 is 1. The number of aliphatic hydroxyl groups excluding tert-OH is 1. The Morgan fingerprint density at radius 3 is 2.67 bits per heavy atom. The maximum absolute atomic E-state index is 9.47. The van der Waals surface area contributed by atoms with Crippen molar-refractivity contribution >= 4 is 15.9 Å². The van der Waals surface area contributed by atoms with Crippen LogP contribution in [-0.4, -0.2) is 24.4 Å². The second-order valence-electron chi connectivity index (χ2n) is 5.39. The third kappa shape index (κ3) is 5.51. The van der Waals surface area contributed by atoms with Crippen LogP contribution in [0.25, 0.3) is 0 Å². The molecule has 0 saturated heterocycles. The van der Waals surface area contributed by atoms with E-state index in [1.807, 2.05) is 12.1 Å². The third-order valence-corrected chi connectivity index (χ3v) is 3.87. The summed E-state index contributed by atoms with van der Waals surface area (Å²) in [5.41, 5.74) is 1.16. The molecular weight excluding hydrogens is 292 g/mol. The van der Waals surface area contributed by atoms with E-state index in [-0.39, 0.29) is 12.2 Å². The summed E-state index contributed by atoms with van der Waals surface area (Å²) in [7, 11) is 1.74. The van der Waals surface area contributed by atoms with Crippen LogP contribution in [0.15, 0.2) is 28.7 Å². The van der Waals surface area contributed by atoms with Gasteiger partial charge in [-0.2, -0.15) is 0 Å². The van der Waals surface area contributed by atoms with Crippen LogP contribution >= 0.6 is 15.9 Å². The molecule has 2 nitrogen and oxygen atoms in total. The van der Waals surface area contributed by atoms with Crippen molar-refractivity contribution in [2.24, 2.45) is 5.92 Å². The Hall–Kier alpha value is -0.380. The molecule has 0 amide bonds. The monoisotopic (exact) mass is 314 g/mol. The van der Waals surface area contributed by atoms with Crippen LogP contribution in [0, 0.1) is 5.92 Å². The number of rotatable bonds is 7. The van der Waals surface area contributed by atoms with E-state index in [1.54, 1.807) is 7.11 Å². The highest BCUT2D eigenvalue weighted by molar-refractivity contribution is 9.10. The molecule has 0 saturated carbocycles. The number of hydrogen-bond acceptors (Lipinski definition) is 2. The Bertz CT molecular complexity index is 363. The quantitative estimate of drug-likeness (QED) is 0.829. The van der Waals surface area contributed by atoms with E-state index in [9.17, 15) is 5.11 Å². The van der Waals surface area contributed by atoms with Crippen LogP contribution in [0.2, 0.25) is 0 Å². The van der Waals surface area contributed by atoms with Crippen molar-refractivity contribution in [2.45, 2.75) is 38.7 Å². The van der Waals surface area contributed by atoms with Gasteiger partial charge in [-0.25, -0.2) is 0 Å². The van der Waals surface area contributed by atoms with Gasteiger partial charge in [0.05, 0.1) is 5.60 Å². The fourth-order valence-corrected chi connectivity index (χ4v) is 2.36. The van der Waals surface area contributed by atoms with Crippen molar-refractivity contribution in [3.8, 4) is 0 Å². The summed E-state index contributed by atoms with van der Waals surface area (Å²) in [6.45, 7) is 4.40. The molecule has 1 aromatic rings. The molecule has 0 fully saturated rings. The van der Waals surface area contributed by atoms with Crippen LogP contribution in [0.3, 0.4) is 0 Å². The highest BCUT2D eigenvalue weighted by Gasteiger charge is 2.19. The van der Waals surface area contributed by atoms with E-state index in [1.165, 1.54) is 5.56 Å². The molecule has 18 heavy (non-hydrogen) atoms. The molecule has 0 aliphatic rings. The summed E-state index contributed by atoms with van der Waals surface area (Å²) in [6, 6.07) is 8.28. The number of benzene rings is 1. The predicted octanol–water partition coefficient (Wildman–Crippen LogP) is 3.81. The summed E-state index contributed by atoms with van der Waals surface area (Å²) in [6.07, 6.45) is 2.85. The third-order valence-electron chi connectivity index (χ3n) is 3.38. The van der Waals surface area contributed by atoms with Crippen LogP contribution in [-0.2, 0) is 11.2 Å². The number of ether oxygens (including phenoxy) is 1. The van der Waals surface area contributed by atoms with Gasteiger partial charge in [-0.1, -0.05) is 28.1 Å². The Kier molecular flexibility index (Phi) is 6.33. The van der Waals surface area contributed by atoms with E-state index in [0.29, 0.717) is 5.92 Å². The van der Waals surface area contributed by atoms with Gasteiger partial charge in [0, 0.05) is 18.2 Å². The maximum atomic E-state index is 9.47. The lowest BCUT2D eigenvalue weighted by Gasteiger charge is -2.25. The van der Waals surface area contributed by atoms with Gasteiger partial charge in [-0.15, -0.1) is 0 Å². The first-order chi connectivity index (χ1) is 8.46. The van der Waals surface area contributed by atoms with E-state index in [2.05, 4.69) is 41.9 Å². The average Bonchev–Trinajstić information content (AvgIpc) is 2.34. The Balaban J connectivity index is 2.52. The van der Waals surface area contributed by atoms with E-state index >= 15 is 0 Å². The van der Waals surface area contributed by atoms with Gasteiger partial charge in [0.2, 0.25) is 0 Å².